The van der Waals surface area contributed by atoms with Crippen LogP contribution in [0.1, 0.15) is 75.7 Å². The molecule has 0 aromatic heterocycles. The van der Waals surface area contributed by atoms with Crippen LogP contribution in [0, 0.1) is 11.8 Å². The number of hydrogen-bond acceptors (Lipinski definition) is 11. The van der Waals surface area contributed by atoms with E-state index in [0.717, 1.165) is 0 Å². The molecule has 14 heteroatoms. The van der Waals surface area contributed by atoms with Crippen LogP contribution < -0.4 is 10.6 Å². The van der Waals surface area contributed by atoms with Gasteiger partial charge >= 0.3 is 36.1 Å². The number of aliphatic carboxylic acids is 1. The Labute approximate surface area is 234 Å². The number of esters is 3. The Morgan fingerprint density at radius 2 is 1.07 bits per heavy atom. The van der Waals surface area contributed by atoms with E-state index in [1.807, 2.05) is 0 Å². The number of carboxylic acids is 1. The standard InChI is InChI=1S/C26H44N2O12/c1-14(2)19(27-23(34)39-25(5,6)7)21(32)37-13-16(12-36-18(31)11-17(29)30)38-22(33)20(15(3)4)28-24(35)40-26(8,9)10/h14-16,19-20H,11-13H2,1-10H3,(H,27,34)(H,28,35)(H,29,30)/t16?,19-,20-/m0/s1. The number of carboxylic acid groups (broad SMARTS) is 1. The molecule has 0 aliphatic carbocycles. The van der Waals surface area contributed by atoms with Crippen molar-refractivity contribution in [2.45, 2.75) is 105 Å². The molecule has 0 fully saturated rings. The lowest BCUT2D eigenvalue weighted by atomic mass is 10.0. The highest BCUT2D eigenvalue weighted by molar-refractivity contribution is 5.90. The fraction of sp³-hybridized carbons (Fsp3) is 0.769. The minimum absolute atomic E-state index is 0.419. The van der Waals surface area contributed by atoms with Gasteiger partial charge in [0.05, 0.1) is 0 Å². The molecule has 1 unspecified atom stereocenters. The Bertz CT molecular complexity index is 902. The smallest absolute Gasteiger partial charge is 0.408 e. The van der Waals surface area contributed by atoms with Crippen LogP contribution in [-0.4, -0.2) is 83.8 Å². The molecule has 0 aliphatic heterocycles. The van der Waals surface area contributed by atoms with E-state index in [2.05, 4.69) is 10.6 Å². The number of alkyl carbamates (subject to hydrolysis) is 2. The molecule has 0 saturated heterocycles. The molecular weight excluding hydrogens is 532 g/mol. The molecule has 0 saturated carbocycles. The first kappa shape index (κ1) is 36.4. The number of rotatable bonds is 13. The summed E-state index contributed by atoms with van der Waals surface area (Å²) in [6.45, 7) is 15.2. The van der Waals surface area contributed by atoms with Crippen molar-refractivity contribution >= 4 is 36.1 Å². The third kappa shape index (κ3) is 16.4. The van der Waals surface area contributed by atoms with Crippen LogP contribution in [0.5, 0.6) is 0 Å². The van der Waals surface area contributed by atoms with Gasteiger partial charge in [-0.15, -0.1) is 0 Å². The third-order valence-corrected chi connectivity index (χ3v) is 4.61. The fourth-order valence-corrected chi connectivity index (χ4v) is 2.84. The molecule has 0 rings (SSSR count). The molecule has 0 heterocycles. The number of ether oxygens (including phenoxy) is 5. The normalized spacial score (nSPS) is 13.9. The largest absolute Gasteiger partial charge is 0.481 e. The molecule has 14 nitrogen and oxygen atoms in total. The summed E-state index contributed by atoms with van der Waals surface area (Å²) in [6.07, 6.45) is -4.02. The minimum Gasteiger partial charge on any atom is -0.481 e. The van der Waals surface area contributed by atoms with Gasteiger partial charge in [-0.3, -0.25) is 9.59 Å². The van der Waals surface area contributed by atoms with Gasteiger partial charge in [0.1, 0.15) is 42.9 Å². The van der Waals surface area contributed by atoms with Crippen molar-refractivity contribution in [3.05, 3.63) is 0 Å². The quantitative estimate of drug-likeness (QED) is 0.165. The Balaban J connectivity index is 5.61. The van der Waals surface area contributed by atoms with Crippen LogP contribution >= 0.6 is 0 Å². The van der Waals surface area contributed by atoms with Gasteiger partial charge in [-0.25, -0.2) is 19.2 Å². The zero-order chi connectivity index (χ0) is 31.4. The molecule has 3 N–H and O–H groups in total. The van der Waals surface area contributed by atoms with E-state index in [0.29, 0.717) is 0 Å². The van der Waals surface area contributed by atoms with Crippen molar-refractivity contribution in [3.63, 3.8) is 0 Å². The Morgan fingerprint density at radius 3 is 1.45 bits per heavy atom. The van der Waals surface area contributed by atoms with E-state index >= 15 is 0 Å². The van der Waals surface area contributed by atoms with E-state index < -0.39 is 96.9 Å². The second-order valence-electron chi connectivity index (χ2n) is 11.7. The molecule has 0 aromatic carbocycles. The van der Waals surface area contributed by atoms with Crippen molar-refractivity contribution in [1.82, 2.24) is 10.6 Å². The first-order valence-corrected chi connectivity index (χ1v) is 12.8. The summed E-state index contributed by atoms with van der Waals surface area (Å²) < 4.78 is 25.9. The second kappa shape index (κ2) is 15.9. The van der Waals surface area contributed by atoms with Crippen molar-refractivity contribution in [3.8, 4) is 0 Å². The van der Waals surface area contributed by atoms with E-state index in [1.165, 1.54) is 0 Å². The fourth-order valence-electron chi connectivity index (χ4n) is 2.84. The van der Waals surface area contributed by atoms with Crippen molar-refractivity contribution in [2.24, 2.45) is 11.8 Å². The van der Waals surface area contributed by atoms with E-state index in [9.17, 15) is 28.8 Å². The molecule has 0 aromatic rings. The molecule has 0 spiro atoms. The molecule has 0 aliphatic rings. The Kier molecular flexibility index (Phi) is 14.5. The highest BCUT2D eigenvalue weighted by Crippen LogP contribution is 2.13. The number of nitrogens with one attached hydrogen (secondary N) is 2. The molecule has 3 atom stereocenters. The van der Waals surface area contributed by atoms with Crippen LogP contribution in [0.4, 0.5) is 9.59 Å². The zero-order valence-corrected chi connectivity index (χ0v) is 24.9. The molecular formula is C26H44N2O12. The summed E-state index contributed by atoms with van der Waals surface area (Å²) in [5.74, 6) is -5.24. The average molecular weight is 577 g/mol. The van der Waals surface area contributed by atoms with Crippen LogP contribution in [0.2, 0.25) is 0 Å². The molecule has 0 radical (unpaired) electrons. The summed E-state index contributed by atoms with van der Waals surface area (Å²) in [5.41, 5.74) is -1.64. The summed E-state index contributed by atoms with van der Waals surface area (Å²) >= 11 is 0. The maximum atomic E-state index is 12.9. The van der Waals surface area contributed by atoms with Gasteiger partial charge in [-0.05, 0) is 53.4 Å². The second-order valence-corrected chi connectivity index (χ2v) is 11.7. The summed E-state index contributed by atoms with van der Waals surface area (Å²) in [4.78, 5) is 72.7. The van der Waals surface area contributed by atoms with Gasteiger partial charge in [-0.2, -0.15) is 0 Å². The number of carbonyl (C=O) groups is 6. The minimum atomic E-state index is -1.43. The Morgan fingerprint density at radius 1 is 0.675 bits per heavy atom. The maximum Gasteiger partial charge on any atom is 0.408 e. The lowest BCUT2D eigenvalue weighted by Gasteiger charge is -2.27. The highest BCUT2D eigenvalue weighted by Gasteiger charge is 2.33. The molecule has 0 bridgehead atoms. The van der Waals surface area contributed by atoms with Crippen LogP contribution in [0.3, 0.4) is 0 Å². The van der Waals surface area contributed by atoms with Gasteiger partial charge in [0, 0.05) is 0 Å². The molecule has 40 heavy (non-hydrogen) atoms. The highest BCUT2D eigenvalue weighted by atomic mass is 16.6. The van der Waals surface area contributed by atoms with Gasteiger partial charge in [0.25, 0.3) is 0 Å². The average Bonchev–Trinajstić information content (AvgIpc) is 2.73. The van der Waals surface area contributed by atoms with Crippen molar-refractivity contribution < 1.29 is 57.6 Å². The number of carbonyl (C=O) groups excluding carboxylic acids is 5. The number of hydrogen-bond donors (Lipinski definition) is 3. The van der Waals surface area contributed by atoms with Crippen molar-refractivity contribution in [1.29, 1.82) is 0 Å². The van der Waals surface area contributed by atoms with Gasteiger partial charge < -0.3 is 39.4 Å². The topological polar surface area (TPSA) is 193 Å². The zero-order valence-electron chi connectivity index (χ0n) is 24.9. The Hall–Kier alpha value is -3.58. The summed E-state index contributed by atoms with van der Waals surface area (Å²) in [5, 5.41) is 13.6. The van der Waals surface area contributed by atoms with Crippen LogP contribution in [0.15, 0.2) is 0 Å². The SMILES string of the molecule is CC(C)[C@H](NC(=O)OC(C)(C)C)C(=O)OCC(COC(=O)CC(=O)O)OC(=O)[C@@H](NC(=O)OC(C)(C)C)C(C)C. The molecule has 2 amide bonds. The third-order valence-electron chi connectivity index (χ3n) is 4.61. The monoisotopic (exact) mass is 576 g/mol. The van der Waals surface area contributed by atoms with Gasteiger partial charge in [-0.1, -0.05) is 27.7 Å². The summed E-state index contributed by atoms with van der Waals surface area (Å²) in [6, 6.07) is -2.31. The van der Waals surface area contributed by atoms with Crippen LogP contribution in [0.25, 0.3) is 0 Å². The first-order valence-electron chi connectivity index (χ1n) is 12.8. The maximum absolute atomic E-state index is 12.9. The van der Waals surface area contributed by atoms with E-state index in [-0.39, 0.29) is 0 Å². The lowest BCUT2D eigenvalue weighted by Crippen LogP contribution is -2.49. The predicted octanol–water partition coefficient (Wildman–Crippen LogP) is 2.56. The van der Waals surface area contributed by atoms with Crippen LogP contribution in [-0.2, 0) is 42.9 Å². The summed E-state index contributed by atoms with van der Waals surface area (Å²) in [7, 11) is 0. The van der Waals surface area contributed by atoms with E-state index in [1.54, 1.807) is 69.2 Å². The van der Waals surface area contributed by atoms with Crippen molar-refractivity contribution in [2.75, 3.05) is 13.2 Å². The lowest BCUT2D eigenvalue weighted by molar-refractivity contribution is -0.170. The first-order chi connectivity index (χ1) is 18.1. The predicted molar refractivity (Wildman–Crippen MR) is 140 cm³/mol. The van der Waals surface area contributed by atoms with E-state index in [4.69, 9.17) is 28.8 Å². The number of amides is 2. The van der Waals surface area contributed by atoms with Gasteiger partial charge in [0.2, 0.25) is 0 Å². The molecule has 230 valence electrons. The van der Waals surface area contributed by atoms with Gasteiger partial charge in [0.15, 0.2) is 6.10 Å².